The molecule has 2 aliphatic rings. The summed E-state index contributed by atoms with van der Waals surface area (Å²) in [5, 5.41) is 6.20. The van der Waals surface area contributed by atoms with Gasteiger partial charge in [-0.3, -0.25) is 0 Å². The van der Waals surface area contributed by atoms with Crippen LogP contribution >= 0.6 is 11.3 Å². The molecule has 2 fully saturated rings. The molecule has 20 heavy (non-hydrogen) atoms. The molecule has 2 heterocycles. The van der Waals surface area contributed by atoms with Gasteiger partial charge < -0.3 is 10.2 Å². The van der Waals surface area contributed by atoms with Crippen LogP contribution in [-0.4, -0.2) is 30.6 Å². The Morgan fingerprint density at radius 2 is 2.10 bits per heavy atom. The van der Waals surface area contributed by atoms with Crippen molar-refractivity contribution in [2.75, 3.05) is 19.6 Å². The Morgan fingerprint density at radius 1 is 1.30 bits per heavy atom. The van der Waals surface area contributed by atoms with Gasteiger partial charge in [0.15, 0.2) is 0 Å². The Balaban J connectivity index is 1.48. The summed E-state index contributed by atoms with van der Waals surface area (Å²) in [4.78, 5) is 4.21. The minimum Gasteiger partial charge on any atom is -0.306 e. The average molecular weight is 292 g/mol. The van der Waals surface area contributed by atoms with Gasteiger partial charge in [-0.2, -0.15) is 0 Å². The molecule has 112 valence electrons. The Morgan fingerprint density at radius 3 is 2.70 bits per heavy atom. The first-order valence-electron chi connectivity index (χ1n) is 8.38. The van der Waals surface area contributed by atoms with E-state index in [9.17, 15) is 0 Å². The highest BCUT2D eigenvalue weighted by atomic mass is 32.1. The zero-order chi connectivity index (χ0) is 13.8. The summed E-state index contributed by atoms with van der Waals surface area (Å²) >= 11 is 1.93. The molecule has 1 aliphatic carbocycles. The van der Waals surface area contributed by atoms with Crippen LogP contribution in [0.4, 0.5) is 0 Å². The Labute approximate surface area is 127 Å². The molecule has 0 spiro atoms. The van der Waals surface area contributed by atoms with Crippen LogP contribution < -0.4 is 5.32 Å². The summed E-state index contributed by atoms with van der Waals surface area (Å²) in [7, 11) is 0. The SMILES string of the molecule is CCCCN1CCC(NC(c2cccs2)C2CC2)CC1. The highest BCUT2D eigenvalue weighted by molar-refractivity contribution is 7.10. The quantitative estimate of drug-likeness (QED) is 0.815. The molecule has 1 aromatic heterocycles. The maximum absolute atomic E-state index is 3.98. The molecule has 0 aromatic carbocycles. The van der Waals surface area contributed by atoms with E-state index in [2.05, 4.69) is 34.7 Å². The third-order valence-corrected chi connectivity index (χ3v) is 5.73. The summed E-state index contributed by atoms with van der Waals surface area (Å²) in [5.41, 5.74) is 0. The number of nitrogens with zero attached hydrogens (tertiary/aromatic N) is 1. The van der Waals surface area contributed by atoms with Gasteiger partial charge in [-0.1, -0.05) is 19.4 Å². The largest absolute Gasteiger partial charge is 0.306 e. The molecular formula is C17H28N2S. The normalized spacial score (nSPS) is 23.1. The maximum Gasteiger partial charge on any atom is 0.0445 e. The van der Waals surface area contributed by atoms with E-state index in [1.165, 1.54) is 58.2 Å². The number of rotatable bonds is 7. The number of likely N-dealkylation sites (tertiary alicyclic amines) is 1. The monoisotopic (exact) mass is 292 g/mol. The van der Waals surface area contributed by atoms with Crippen molar-refractivity contribution in [2.45, 2.75) is 57.5 Å². The van der Waals surface area contributed by atoms with E-state index in [0.717, 1.165) is 12.0 Å². The number of hydrogen-bond acceptors (Lipinski definition) is 3. The standard InChI is InChI=1S/C17H28N2S/c1-2-3-10-19-11-8-15(9-12-19)18-17(14-6-7-14)16-5-4-13-20-16/h4-5,13-15,17-18H,2-3,6-12H2,1H3. The fourth-order valence-electron chi connectivity index (χ4n) is 3.31. The molecule has 1 aliphatic heterocycles. The van der Waals surface area contributed by atoms with Crippen LogP contribution in [-0.2, 0) is 0 Å². The molecule has 0 radical (unpaired) electrons. The van der Waals surface area contributed by atoms with Gasteiger partial charge in [-0.25, -0.2) is 0 Å². The summed E-state index contributed by atoms with van der Waals surface area (Å²) in [6.07, 6.45) is 8.19. The minimum absolute atomic E-state index is 0.641. The highest BCUT2D eigenvalue weighted by Crippen LogP contribution is 2.42. The van der Waals surface area contributed by atoms with Crippen LogP contribution in [0.5, 0.6) is 0 Å². The summed E-state index contributed by atoms with van der Waals surface area (Å²) < 4.78 is 0. The lowest BCUT2D eigenvalue weighted by molar-refractivity contribution is 0.186. The molecular weight excluding hydrogens is 264 g/mol. The number of thiophene rings is 1. The average Bonchev–Trinajstić information content (AvgIpc) is 3.18. The molecule has 3 heteroatoms. The van der Waals surface area contributed by atoms with Crippen molar-refractivity contribution >= 4 is 11.3 Å². The summed E-state index contributed by atoms with van der Waals surface area (Å²) in [6, 6.07) is 5.89. The van der Waals surface area contributed by atoms with Gasteiger partial charge in [0, 0.05) is 17.0 Å². The lowest BCUT2D eigenvalue weighted by atomic mass is 10.0. The van der Waals surface area contributed by atoms with Crippen LogP contribution in [0, 0.1) is 5.92 Å². The first-order valence-corrected chi connectivity index (χ1v) is 9.26. The van der Waals surface area contributed by atoms with Gasteiger partial charge in [0.1, 0.15) is 0 Å². The fraction of sp³-hybridized carbons (Fsp3) is 0.765. The lowest BCUT2D eigenvalue weighted by Crippen LogP contribution is -2.44. The maximum atomic E-state index is 3.98. The van der Waals surface area contributed by atoms with E-state index in [4.69, 9.17) is 0 Å². The van der Waals surface area contributed by atoms with E-state index in [1.54, 1.807) is 4.88 Å². The van der Waals surface area contributed by atoms with Crippen LogP contribution in [0.2, 0.25) is 0 Å². The molecule has 0 amide bonds. The second kappa shape index (κ2) is 7.06. The number of hydrogen-bond donors (Lipinski definition) is 1. The van der Waals surface area contributed by atoms with Gasteiger partial charge in [0.05, 0.1) is 0 Å². The molecule has 1 aromatic rings. The highest BCUT2D eigenvalue weighted by Gasteiger charge is 2.34. The number of nitrogens with one attached hydrogen (secondary N) is 1. The van der Waals surface area contributed by atoms with Gasteiger partial charge in [-0.05, 0) is 69.1 Å². The smallest absolute Gasteiger partial charge is 0.0445 e. The van der Waals surface area contributed by atoms with E-state index in [1.807, 2.05) is 11.3 Å². The van der Waals surface area contributed by atoms with Gasteiger partial charge in [0.25, 0.3) is 0 Å². The van der Waals surface area contributed by atoms with Crippen molar-refractivity contribution in [1.29, 1.82) is 0 Å². The molecule has 2 nitrogen and oxygen atoms in total. The van der Waals surface area contributed by atoms with Crippen LogP contribution in [0.1, 0.15) is 56.4 Å². The van der Waals surface area contributed by atoms with Crippen molar-refractivity contribution in [3.63, 3.8) is 0 Å². The molecule has 1 N–H and O–H groups in total. The first-order chi connectivity index (χ1) is 9.86. The first kappa shape index (κ1) is 14.6. The Hall–Kier alpha value is -0.380. The van der Waals surface area contributed by atoms with Crippen LogP contribution in [0.3, 0.4) is 0 Å². The summed E-state index contributed by atoms with van der Waals surface area (Å²) in [6.45, 7) is 6.18. The topological polar surface area (TPSA) is 15.3 Å². The van der Waals surface area contributed by atoms with Gasteiger partial charge in [0.2, 0.25) is 0 Å². The minimum atomic E-state index is 0.641. The predicted octanol–water partition coefficient (Wildman–Crippen LogP) is 4.05. The molecule has 1 unspecified atom stereocenters. The van der Waals surface area contributed by atoms with E-state index >= 15 is 0 Å². The molecule has 1 saturated carbocycles. The molecule has 0 bridgehead atoms. The second-order valence-electron chi connectivity index (χ2n) is 6.47. The van der Waals surface area contributed by atoms with Crippen molar-refractivity contribution in [3.8, 4) is 0 Å². The fourth-order valence-corrected chi connectivity index (χ4v) is 4.19. The zero-order valence-corrected chi connectivity index (χ0v) is 13.5. The van der Waals surface area contributed by atoms with Crippen molar-refractivity contribution < 1.29 is 0 Å². The molecule has 1 saturated heterocycles. The zero-order valence-electron chi connectivity index (χ0n) is 12.7. The van der Waals surface area contributed by atoms with Gasteiger partial charge in [-0.15, -0.1) is 11.3 Å². The van der Waals surface area contributed by atoms with E-state index < -0.39 is 0 Å². The van der Waals surface area contributed by atoms with E-state index in [-0.39, 0.29) is 0 Å². The van der Waals surface area contributed by atoms with Crippen molar-refractivity contribution in [2.24, 2.45) is 5.92 Å². The Kier molecular flexibility index (Phi) is 5.14. The number of piperidine rings is 1. The lowest BCUT2D eigenvalue weighted by Gasteiger charge is -2.34. The van der Waals surface area contributed by atoms with Crippen molar-refractivity contribution in [1.82, 2.24) is 10.2 Å². The van der Waals surface area contributed by atoms with Crippen LogP contribution in [0.15, 0.2) is 17.5 Å². The third kappa shape index (κ3) is 3.84. The van der Waals surface area contributed by atoms with Crippen LogP contribution in [0.25, 0.3) is 0 Å². The molecule has 1 atom stereocenters. The molecule has 3 rings (SSSR count). The third-order valence-electron chi connectivity index (χ3n) is 4.77. The predicted molar refractivity (Wildman–Crippen MR) is 87.3 cm³/mol. The van der Waals surface area contributed by atoms with Gasteiger partial charge >= 0.3 is 0 Å². The van der Waals surface area contributed by atoms with Crippen molar-refractivity contribution in [3.05, 3.63) is 22.4 Å². The summed E-state index contributed by atoms with van der Waals surface area (Å²) in [5.74, 6) is 0.909. The second-order valence-corrected chi connectivity index (χ2v) is 7.45. The number of unbranched alkanes of at least 4 members (excludes halogenated alkanes) is 1. The Bertz CT molecular complexity index is 378. The van der Waals surface area contributed by atoms with E-state index in [0.29, 0.717) is 6.04 Å².